The molecule has 0 heterocycles. The van der Waals surface area contributed by atoms with Gasteiger partial charge in [-0.15, -0.1) is 0 Å². The predicted molar refractivity (Wildman–Crippen MR) is 61.9 cm³/mol. The number of rotatable bonds is 3. The highest BCUT2D eigenvalue weighted by molar-refractivity contribution is 5.45. The van der Waals surface area contributed by atoms with Gasteiger partial charge in [-0.25, -0.2) is 0 Å². The van der Waals surface area contributed by atoms with Crippen molar-refractivity contribution in [3.05, 3.63) is 24.3 Å². The predicted octanol–water partition coefficient (Wildman–Crippen LogP) is 1.93. The van der Waals surface area contributed by atoms with Crippen LogP contribution in [0.2, 0.25) is 0 Å². The number of benzene rings is 1. The van der Waals surface area contributed by atoms with Gasteiger partial charge >= 0.3 is 0 Å². The molecule has 2 atom stereocenters. The molecular formula is C12H18N2O. The zero-order valence-corrected chi connectivity index (χ0v) is 8.82. The normalized spacial score (nSPS) is 25.4. The van der Waals surface area contributed by atoms with Crippen LogP contribution in [0.5, 0.6) is 5.75 Å². The van der Waals surface area contributed by atoms with Crippen LogP contribution in [0.3, 0.4) is 0 Å². The second kappa shape index (κ2) is 4.53. The highest BCUT2D eigenvalue weighted by Crippen LogP contribution is 2.24. The van der Waals surface area contributed by atoms with Crippen LogP contribution in [0, 0.1) is 5.92 Å². The molecule has 0 amide bonds. The molecule has 1 fully saturated rings. The highest BCUT2D eigenvalue weighted by Gasteiger charge is 2.20. The lowest BCUT2D eigenvalue weighted by Gasteiger charge is -2.12. The van der Waals surface area contributed by atoms with Gasteiger partial charge in [-0.1, -0.05) is 0 Å². The average molecular weight is 206 g/mol. The summed E-state index contributed by atoms with van der Waals surface area (Å²) >= 11 is 0. The molecule has 2 unspecified atom stereocenters. The SMILES string of the molecule is NC1CCC(CNc2ccc(O)cc2)C1. The molecule has 3 heteroatoms. The standard InChI is InChI=1S/C12H18N2O/c13-10-2-1-9(7-10)8-14-11-3-5-12(15)6-4-11/h3-6,9-10,14-15H,1-2,7-8,13H2. The maximum absolute atomic E-state index is 9.13. The van der Waals surface area contributed by atoms with Gasteiger partial charge in [-0.2, -0.15) is 0 Å². The fourth-order valence-electron chi connectivity index (χ4n) is 2.14. The maximum Gasteiger partial charge on any atom is 0.115 e. The van der Waals surface area contributed by atoms with E-state index >= 15 is 0 Å². The van der Waals surface area contributed by atoms with Gasteiger partial charge in [0.05, 0.1) is 0 Å². The molecule has 0 bridgehead atoms. The molecule has 1 aromatic carbocycles. The fraction of sp³-hybridized carbons (Fsp3) is 0.500. The van der Waals surface area contributed by atoms with Crippen LogP contribution < -0.4 is 11.1 Å². The summed E-state index contributed by atoms with van der Waals surface area (Å²) in [6, 6.07) is 7.58. The molecule has 4 N–H and O–H groups in total. The van der Waals surface area contributed by atoms with E-state index in [0.29, 0.717) is 17.7 Å². The first kappa shape index (κ1) is 10.3. The second-order valence-electron chi connectivity index (χ2n) is 4.37. The van der Waals surface area contributed by atoms with Gasteiger partial charge in [0.25, 0.3) is 0 Å². The molecule has 0 aliphatic heterocycles. The molecule has 3 nitrogen and oxygen atoms in total. The third kappa shape index (κ3) is 2.86. The largest absolute Gasteiger partial charge is 0.508 e. The van der Waals surface area contributed by atoms with Crippen molar-refractivity contribution in [2.24, 2.45) is 11.7 Å². The number of phenols is 1. The number of aromatic hydroxyl groups is 1. The molecule has 0 radical (unpaired) electrons. The molecule has 0 spiro atoms. The third-order valence-corrected chi connectivity index (χ3v) is 3.04. The van der Waals surface area contributed by atoms with E-state index < -0.39 is 0 Å². The van der Waals surface area contributed by atoms with Crippen molar-refractivity contribution in [2.75, 3.05) is 11.9 Å². The molecular weight excluding hydrogens is 188 g/mol. The summed E-state index contributed by atoms with van der Waals surface area (Å²) in [7, 11) is 0. The smallest absolute Gasteiger partial charge is 0.115 e. The summed E-state index contributed by atoms with van der Waals surface area (Å²) in [5.41, 5.74) is 6.92. The molecule has 1 aromatic rings. The van der Waals surface area contributed by atoms with Gasteiger partial charge in [0.15, 0.2) is 0 Å². The van der Waals surface area contributed by atoms with E-state index in [0.717, 1.165) is 25.1 Å². The van der Waals surface area contributed by atoms with Crippen molar-refractivity contribution in [3.63, 3.8) is 0 Å². The summed E-state index contributed by atoms with van der Waals surface area (Å²) in [4.78, 5) is 0. The lowest BCUT2D eigenvalue weighted by atomic mass is 10.1. The van der Waals surface area contributed by atoms with E-state index in [-0.39, 0.29) is 0 Å². The van der Waals surface area contributed by atoms with Crippen molar-refractivity contribution >= 4 is 5.69 Å². The van der Waals surface area contributed by atoms with E-state index in [4.69, 9.17) is 10.8 Å². The van der Waals surface area contributed by atoms with Gasteiger partial charge in [0.1, 0.15) is 5.75 Å². The number of nitrogens with one attached hydrogen (secondary N) is 1. The van der Waals surface area contributed by atoms with Crippen LogP contribution in [-0.2, 0) is 0 Å². The minimum Gasteiger partial charge on any atom is -0.508 e. The molecule has 1 saturated carbocycles. The van der Waals surface area contributed by atoms with Crippen LogP contribution in [0.25, 0.3) is 0 Å². The van der Waals surface area contributed by atoms with E-state index in [1.165, 1.54) is 6.42 Å². The lowest BCUT2D eigenvalue weighted by molar-refractivity contribution is 0.475. The minimum absolute atomic E-state index is 0.309. The van der Waals surface area contributed by atoms with Gasteiger partial charge < -0.3 is 16.2 Å². The van der Waals surface area contributed by atoms with E-state index in [2.05, 4.69) is 5.32 Å². The number of hydrogen-bond donors (Lipinski definition) is 3. The number of nitrogens with two attached hydrogens (primary N) is 1. The molecule has 0 saturated heterocycles. The zero-order valence-electron chi connectivity index (χ0n) is 8.82. The van der Waals surface area contributed by atoms with Crippen molar-refractivity contribution in [3.8, 4) is 5.75 Å². The number of phenolic OH excluding ortho intramolecular Hbond substituents is 1. The summed E-state index contributed by atoms with van der Waals surface area (Å²) in [5.74, 6) is 1.01. The Hall–Kier alpha value is -1.22. The van der Waals surface area contributed by atoms with Crippen molar-refractivity contribution in [1.29, 1.82) is 0 Å². The average Bonchev–Trinajstić information content (AvgIpc) is 2.64. The molecule has 1 aliphatic rings. The Labute approximate surface area is 90.3 Å². The Bertz CT molecular complexity index is 310. The first-order valence-electron chi connectivity index (χ1n) is 5.52. The van der Waals surface area contributed by atoms with Crippen LogP contribution in [0.1, 0.15) is 19.3 Å². The molecule has 15 heavy (non-hydrogen) atoms. The van der Waals surface area contributed by atoms with Gasteiger partial charge in [0, 0.05) is 18.3 Å². The van der Waals surface area contributed by atoms with Crippen LogP contribution >= 0.6 is 0 Å². The van der Waals surface area contributed by atoms with Crippen molar-refractivity contribution in [2.45, 2.75) is 25.3 Å². The second-order valence-corrected chi connectivity index (χ2v) is 4.37. The topological polar surface area (TPSA) is 58.3 Å². The van der Waals surface area contributed by atoms with Crippen molar-refractivity contribution in [1.82, 2.24) is 0 Å². The maximum atomic E-state index is 9.13. The molecule has 0 aromatic heterocycles. The minimum atomic E-state index is 0.309. The van der Waals surface area contributed by atoms with Crippen LogP contribution in [-0.4, -0.2) is 17.7 Å². The van der Waals surface area contributed by atoms with E-state index in [1.54, 1.807) is 12.1 Å². The summed E-state index contributed by atoms with van der Waals surface area (Å²) in [6.45, 7) is 0.985. The van der Waals surface area contributed by atoms with E-state index in [9.17, 15) is 0 Å². The van der Waals surface area contributed by atoms with Gasteiger partial charge in [-0.05, 0) is 49.4 Å². The monoisotopic (exact) mass is 206 g/mol. The van der Waals surface area contributed by atoms with Crippen LogP contribution in [0.15, 0.2) is 24.3 Å². The summed E-state index contributed by atoms with van der Waals surface area (Å²) in [6.07, 6.45) is 3.51. The highest BCUT2D eigenvalue weighted by atomic mass is 16.3. The number of anilines is 1. The Morgan fingerprint density at radius 2 is 2.00 bits per heavy atom. The Balaban J connectivity index is 1.80. The lowest BCUT2D eigenvalue weighted by Crippen LogP contribution is -2.17. The fourth-order valence-corrected chi connectivity index (χ4v) is 2.14. The third-order valence-electron chi connectivity index (χ3n) is 3.04. The Kier molecular flexibility index (Phi) is 3.11. The van der Waals surface area contributed by atoms with Gasteiger partial charge in [-0.3, -0.25) is 0 Å². The quantitative estimate of drug-likeness (QED) is 0.662. The van der Waals surface area contributed by atoms with E-state index in [1.807, 2.05) is 12.1 Å². The summed E-state index contributed by atoms with van der Waals surface area (Å²) < 4.78 is 0. The Morgan fingerprint density at radius 1 is 1.27 bits per heavy atom. The first-order valence-corrected chi connectivity index (χ1v) is 5.52. The molecule has 82 valence electrons. The number of hydrogen-bond acceptors (Lipinski definition) is 3. The first-order chi connectivity index (χ1) is 7.24. The zero-order chi connectivity index (χ0) is 10.7. The summed E-state index contributed by atoms with van der Waals surface area (Å²) in [5, 5.41) is 12.5. The molecule has 1 aliphatic carbocycles. The van der Waals surface area contributed by atoms with Gasteiger partial charge in [0.2, 0.25) is 0 Å². The Morgan fingerprint density at radius 3 is 2.60 bits per heavy atom. The molecule has 2 rings (SSSR count). The van der Waals surface area contributed by atoms with Crippen molar-refractivity contribution < 1.29 is 5.11 Å². The van der Waals surface area contributed by atoms with Crippen LogP contribution in [0.4, 0.5) is 5.69 Å².